The number of carbonyl (C=O) groups excluding carboxylic acids is 1. The molecule has 0 aromatic heterocycles. The van der Waals surface area contributed by atoms with Gasteiger partial charge in [0.1, 0.15) is 6.54 Å². The molecule has 0 atom stereocenters. The first-order valence-electron chi connectivity index (χ1n) is 5.59. The summed E-state index contributed by atoms with van der Waals surface area (Å²) < 4.78 is 0. The van der Waals surface area contributed by atoms with Gasteiger partial charge >= 0.3 is 5.97 Å². The number of carboxylic acid groups (broad SMARTS) is 1. The largest absolute Gasteiger partial charge is 0.480 e. The van der Waals surface area contributed by atoms with E-state index in [0.717, 1.165) is 32.1 Å². The zero-order chi connectivity index (χ0) is 12.0. The first kappa shape index (κ1) is 12.6. The van der Waals surface area contributed by atoms with Crippen LogP contribution in [0.15, 0.2) is 0 Å². The van der Waals surface area contributed by atoms with Crippen LogP contribution in [0.25, 0.3) is 0 Å². The normalized spacial score (nSPS) is 16.4. The molecule has 0 unspecified atom stereocenters. The van der Waals surface area contributed by atoms with E-state index < -0.39 is 5.97 Å². The molecule has 1 fully saturated rings. The molecular weight excluding hydrogens is 206 g/mol. The van der Waals surface area contributed by atoms with Gasteiger partial charge in [0.2, 0.25) is 5.91 Å². The van der Waals surface area contributed by atoms with Crippen LogP contribution < -0.4 is 0 Å². The maximum Gasteiger partial charge on any atom is 0.323 e. The zero-order valence-corrected chi connectivity index (χ0v) is 9.32. The number of carbonyl (C=O) groups is 2. The Morgan fingerprint density at radius 1 is 1.31 bits per heavy atom. The third-order valence-corrected chi connectivity index (χ3v) is 2.87. The Labute approximate surface area is 95.6 Å². The Hall–Kier alpha value is -1.50. The maximum absolute atomic E-state index is 12.0. The Kier molecular flexibility index (Phi) is 4.84. The Bertz CT molecular complexity index is 300. The van der Waals surface area contributed by atoms with Crippen molar-refractivity contribution in [3.05, 3.63) is 0 Å². The van der Waals surface area contributed by atoms with E-state index >= 15 is 0 Å². The predicted molar refractivity (Wildman–Crippen MR) is 59.6 cm³/mol. The minimum atomic E-state index is -1.01. The molecule has 4 nitrogen and oxygen atoms in total. The molecular formula is C12H17NO3. The number of carboxylic acids is 1. The van der Waals surface area contributed by atoms with Crippen LogP contribution in [0.3, 0.4) is 0 Å². The summed E-state index contributed by atoms with van der Waals surface area (Å²) in [6, 6.07) is 0. The van der Waals surface area contributed by atoms with E-state index in [4.69, 9.17) is 11.5 Å². The van der Waals surface area contributed by atoms with Gasteiger partial charge < -0.3 is 10.0 Å². The lowest BCUT2D eigenvalue weighted by molar-refractivity contribution is -0.146. The molecule has 0 saturated heterocycles. The summed E-state index contributed by atoms with van der Waals surface area (Å²) in [6.45, 7) is -0.207. The third kappa shape index (κ3) is 3.58. The number of aliphatic carboxylic acids is 1. The van der Waals surface area contributed by atoms with Crippen LogP contribution in [0.1, 0.15) is 32.1 Å². The van der Waals surface area contributed by atoms with Crippen LogP contribution in [-0.2, 0) is 9.59 Å². The molecule has 0 aliphatic heterocycles. The highest BCUT2D eigenvalue weighted by Crippen LogP contribution is 2.25. The van der Waals surface area contributed by atoms with Crippen molar-refractivity contribution in [1.82, 2.24) is 4.90 Å². The summed E-state index contributed by atoms with van der Waals surface area (Å²) in [6.07, 6.45) is 10.1. The molecule has 0 radical (unpaired) electrons. The van der Waals surface area contributed by atoms with Crippen LogP contribution in [0.2, 0.25) is 0 Å². The van der Waals surface area contributed by atoms with Gasteiger partial charge in [-0.15, -0.1) is 6.42 Å². The summed E-state index contributed by atoms with van der Waals surface area (Å²) >= 11 is 0. The monoisotopic (exact) mass is 223 g/mol. The number of hydrogen-bond acceptors (Lipinski definition) is 2. The molecule has 4 heteroatoms. The van der Waals surface area contributed by atoms with Gasteiger partial charge in [0.25, 0.3) is 0 Å². The molecule has 1 N–H and O–H groups in total. The molecule has 0 spiro atoms. The van der Waals surface area contributed by atoms with Gasteiger partial charge in [-0.05, 0) is 12.8 Å². The van der Waals surface area contributed by atoms with E-state index in [1.165, 1.54) is 4.90 Å². The topological polar surface area (TPSA) is 57.6 Å². The lowest BCUT2D eigenvalue weighted by atomic mass is 9.88. The average Bonchev–Trinajstić information content (AvgIpc) is 2.28. The highest BCUT2D eigenvalue weighted by Gasteiger charge is 2.26. The number of hydrogen-bond donors (Lipinski definition) is 1. The molecule has 0 bridgehead atoms. The van der Waals surface area contributed by atoms with Crippen molar-refractivity contribution in [2.45, 2.75) is 32.1 Å². The lowest BCUT2D eigenvalue weighted by Crippen LogP contribution is -2.40. The van der Waals surface area contributed by atoms with Crippen molar-refractivity contribution in [1.29, 1.82) is 0 Å². The molecule has 1 rings (SSSR count). The molecule has 1 aliphatic carbocycles. The van der Waals surface area contributed by atoms with Gasteiger partial charge in [-0.1, -0.05) is 25.2 Å². The second kappa shape index (κ2) is 6.16. The van der Waals surface area contributed by atoms with E-state index in [9.17, 15) is 9.59 Å². The van der Waals surface area contributed by atoms with Crippen molar-refractivity contribution in [2.75, 3.05) is 13.1 Å². The van der Waals surface area contributed by atoms with Gasteiger partial charge in [-0.2, -0.15) is 0 Å². The molecule has 16 heavy (non-hydrogen) atoms. The van der Waals surface area contributed by atoms with Crippen molar-refractivity contribution < 1.29 is 14.7 Å². The summed E-state index contributed by atoms with van der Waals surface area (Å²) in [5, 5.41) is 8.70. The number of terminal acetylenes is 1. The SMILES string of the molecule is C#CCN(CC(=O)O)C(=O)C1CCCCC1. The van der Waals surface area contributed by atoms with E-state index in [0.29, 0.717) is 0 Å². The highest BCUT2D eigenvalue weighted by molar-refractivity contribution is 5.83. The zero-order valence-electron chi connectivity index (χ0n) is 9.32. The lowest BCUT2D eigenvalue weighted by Gasteiger charge is -2.26. The molecule has 0 aromatic carbocycles. The molecule has 1 amide bonds. The van der Waals surface area contributed by atoms with Crippen molar-refractivity contribution in [3.8, 4) is 12.3 Å². The van der Waals surface area contributed by atoms with Crippen molar-refractivity contribution in [3.63, 3.8) is 0 Å². The van der Waals surface area contributed by atoms with Crippen molar-refractivity contribution in [2.24, 2.45) is 5.92 Å². The summed E-state index contributed by atoms with van der Waals surface area (Å²) in [5.41, 5.74) is 0. The van der Waals surface area contributed by atoms with Crippen LogP contribution in [-0.4, -0.2) is 35.0 Å². The number of nitrogens with zero attached hydrogens (tertiary/aromatic N) is 1. The quantitative estimate of drug-likeness (QED) is 0.726. The highest BCUT2D eigenvalue weighted by atomic mass is 16.4. The first-order valence-corrected chi connectivity index (χ1v) is 5.59. The van der Waals surface area contributed by atoms with E-state index in [2.05, 4.69) is 5.92 Å². The Morgan fingerprint density at radius 2 is 1.94 bits per heavy atom. The summed E-state index contributed by atoms with van der Waals surface area (Å²) in [5.74, 6) is 1.20. The minimum absolute atomic E-state index is 0.0264. The molecule has 0 aromatic rings. The van der Waals surface area contributed by atoms with Gasteiger partial charge in [0.05, 0.1) is 6.54 Å². The standard InChI is InChI=1S/C12H17NO3/c1-2-8-13(9-11(14)15)12(16)10-6-4-3-5-7-10/h1,10H,3-9H2,(H,14,15). The van der Waals surface area contributed by atoms with Gasteiger partial charge in [-0.25, -0.2) is 0 Å². The molecule has 1 aliphatic rings. The summed E-state index contributed by atoms with van der Waals surface area (Å²) in [4.78, 5) is 23.9. The Morgan fingerprint density at radius 3 is 2.44 bits per heavy atom. The summed E-state index contributed by atoms with van der Waals surface area (Å²) in [7, 11) is 0. The van der Waals surface area contributed by atoms with Gasteiger partial charge in [-0.3, -0.25) is 9.59 Å². The van der Waals surface area contributed by atoms with Crippen LogP contribution >= 0.6 is 0 Å². The molecule has 0 heterocycles. The minimum Gasteiger partial charge on any atom is -0.480 e. The van der Waals surface area contributed by atoms with E-state index in [-0.39, 0.29) is 24.9 Å². The van der Waals surface area contributed by atoms with Gasteiger partial charge in [0, 0.05) is 5.92 Å². The fourth-order valence-corrected chi connectivity index (χ4v) is 2.09. The van der Waals surface area contributed by atoms with Crippen LogP contribution in [0.4, 0.5) is 0 Å². The van der Waals surface area contributed by atoms with Crippen LogP contribution in [0, 0.1) is 18.3 Å². The van der Waals surface area contributed by atoms with Crippen LogP contribution in [0.5, 0.6) is 0 Å². The second-order valence-electron chi connectivity index (χ2n) is 4.13. The average molecular weight is 223 g/mol. The number of rotatable bonds is 4. The Balaban J connectivity index is 2.58. The fraction of sp³-hybridized carbons (Fsp3) is 0.667. The molecule has 1 saturated carbocycles. The fourth-order valence-electron chi connectivity index (χ4n) is 2.09. The van der Waals surface area contributed by atoms with Crippen molar-refractivity contribution >= 4 is 11.9 Å². The predicted octanol–water partition coefficient (Wildman–Crippen LogP) is 1.11. The van der Waals surface area contributed by atoms with E-state index in [1.807, 2.05) is 0 Å². The van der Waals surface area contributed by atoms with E-state index in [1.54, 1.807) is 0 Å². The molecule has 88 valence electrons. The maximum atomic E-state index is 12.0. The number of amides is 1. The van der Waals surface area contributed by atoms with Gasteiger partial charge in [0.15, 0.2) is 0 Å². The second-order valence-corrected chi connectivity index (χ2v) is 4.13. The first-order chi connectivity index (χ1) is 7.65. The third-order valence-electron chi connectivity index (χ3n) is 2.87. The smallest absolute Gasteiger partial charge is 0.323 e.